The molecule has 0 bridgehead atoms. The topological polar surface area (TPSA) is 95.5 Å². The van der Waals surface area contributed by atoms with Crippen LogP contribution in [0.1, 0.15) is 19.3 Å². The van der Waals surface area contributed by atoms with Crippen molar-refractivity contribution in [1.82, 2.24) is 35.7 Å². The van der Waals surface area contributed by atoms with Crippen molar-refractivity contribution >= 4 is 27.5 Å². The summed E-state index contributed by atoms with van der Waals surface area (Å²) in [7, 11) is 0. The zero-order valence-electron chi connectivity index (χ0n) is 16.0. The fraction of sp³-hybridized carbons (Fsp3) is 0.350. The van der Waals surface area contributed by atoms with E-state index in [1.807, 2.05) is 17.8 Å². The molecular weight excluding hydrogens is 384 g/mol. The molecule has 1 aromatic carbocycles. The summed E-state index contributed by atoms with van der Waals surface area (Å²) in [6, 6.07) is 4.10. The quantitative estimate of drug-likeness (QED) is 0.540. The van der Waals surface area contributed by atoms with E-state index in [2.05, 4.69) is 46.6 Å². The van der Waals surface area contributed by atoms with E-state index in [4.69, 9.17) is 0 Å². The highest BCUT2D eigenvalue weighted by Gasteiger charge is 2.16. The zero-order valence-corrected chi connectivity index (χ0v) is 16.8. The van der Waals surface area contributed by atoms with Crippen LogP contribution < -0.4 is 10.2 Å². The molecule has 6 rings (SSSR count). The van der Waals surface area contributed by atoms with Crippen LogP contribution in [-0.2, 0) is 0 Å². The van der Waals surface area contributed by atoms with Crippen LogP contribution in [0.15, 0.2) is 36.2 Å². The summed E-state index contributed by atoms with van der Waals surface area (Å²) in [5, 5.41) is 19.0. The molecule has 1 aliphatic carbocycles. The Labute approximate surface area is 172 Å². The van der Waals surface area contributed by atoms with E-state index in [1.165, 1.54) is 19.3 Å². The number of fused-ring (bicyclic) bond motifs is 1. The van der Waals surface area contributed by atoms with Crippen LogP contribution in [0.2, 0.25) is 0 Å². The van der Waals surface area contributed by atoms with E-state index in [0.29, 0.717) is 5.95 Å². The molecule has 0 atom stereocenters. The number of thiazole rings is 1. The van der Waals surface area contributed by atoms with Gasteiger partial charge in [0.15, 0.2) is 0 Å². The molecule has 4 aromatic rings. The third-order valence-electron chi connectivity index (χ3n) is 4.87. The Morgan fingerprint density at radius 3 is 2.45 bits per heavy atom. The van der Waals surface area contributed by atoms with Gasteiger partial charge in [-0.05, 0) is 0 Å². The maximum Gasteiger partial charge on any atom is 0.245 e. The highest BCUT2D eigenvalue weighted by molar-refractivity contribution is 7.17. The molecule has 0 spiro atoms. The summed E-state index contributed by atoms with van der Waals surface area (Å²) >= 11 is 1.60. The van der Waals surface area contributed by atoms with Crippen LogP contribution in [0.4, 0.5) is 5.95 Å². The molecule has 2 N–H and O–H groups in total. The first-order valence-corrected chi connectivity index (χ1v) is 10.8. The molecule has 3 aromatic heterocycles. The smallest absolute Gasteiger partial charge is 0.245 e. The summed E-state index contributed by atoms with van der Waals surface area (Å²) in [6.07, 6.45) is 9.98. The molecule has 29 heavy (non-hydrogen) atoms. The Kier molecular flexibility index (Phi) is 5.14. The van der Waals surface area contributed by atoms with Crippen LogP contribution in [0.3, 0.4) is 0 Å². The number of aromatic amines is 1. The van der Waals surface area contributed by atoms with Crippen LogP contribution in [0.5, 0.6) is 0 Å². The van der Waals surface area contributed by atoms with Gasteiger partial charge in [0.1, 0.15) is 5.69 Å². The normalized spacial score (nSPS) is 15.8. The molecule has 8 nitrogen and oxygen atoms in total. The molecule has 4 heterocycles. The molecule has 0 amide bonds. The molecule has 0 radical (unpaired) electrons. The molecule has 9 heteroatoms. The van der Waals surface area contributed by atoms with Crippen LogP contribution >= 0.6 is 11.3 Å². The van der Waals surface area contributed by atoms with Gasteiger partial charge in [0.25, 0.3) is 0 Å². The number of hydrogen-bond donors (Lipinski definition) is 2. The number of aromatic nitrogens is 6. The summed E-state index contributed by atoms with van der Waals surface area (Å²) in [6.45, 7) is 3.70. The Balaban J connectivity index is 0.000000556. The minimum absolute atomic E-state index is 0.686. The van der Waals surface area contributed by atoms with Gasteiger partial charge in [-0.3, -0.25) is 5.10 Å². The van der Waals surface area contributed by atoms with Crippen molar-refractivity contribution in [3.63, 3.8) is 0 Å². The first-order chi connectivity index (χ1) is 14.4. The van der Waals surface area contributed by atoms with E-state index in [0.717, 1.165) is 58.8 Å². The van der Waals surface area contributed by atoms with Crippen LogP contribution in [0, 0.1) is 0 Å². The predicted molar refractivity (Wildman–Crippen MR) is 115 cm³/mol. The largest absolute Gasteiger partial charge is 0.337 e. The van der Waals surface area contributed by atoms with Crippen molar-refractivity contribution in [1.29, 1.82) is 0 Å². The second kappa shape index (κ2) is 8.22. The highest BCUT2D eigenvalue weighted by atomic mass is 32.1. The lowest BCUT2D eigenvalue weighted by molar-refractivity contribution is 0.577. The molecule has 2 fully saturated rings. The fourth-order valence-electron chi connectivity index (χ4n) is 3.19. The van der Waals surface area contributed by atoms with E-state index >= 15 is 0 Å². The Morgan fingerprint density at radius 1 is 0.931 bits per heavy atom. The third-order valence-corrected chi connectivity index (χ3v) is 5.73. The Morgan fingerprint density at radius 2 is 1.76 bits per heavy atom. The number of hydrogen-bond acceptors (Lipinski definition) is 8. The maximum atomic E-state index is 4.54. The molecule has 2 aliphatic rings. The summed E-state index contributed by atoms with van der Waals surface area (Å²) in [5.74, 6) is 0.686. The number of rotatable bonds is 3. The van der Waals surface area contributed by atoms with Gasteiger partial charge in [-0.25, -0.2) is 9.97 Å². The van der Waals surface area contributed by atoms with Gasteiger partial charge in [0.2, 0.25) is 5.95 Å². The SMILES string of the molecule is C1CC1.c1nc2c(-c3cn[nH]c3)ccc(-c3cnc(N4CCNCC4)nn3)c2s1. The van der Waals surface area contributed by atoms with Gasteiger partial charge in [-0.15, -0.1) is 21.5 Å². The van der Waals surface area contributed by atoms with Crippen molar-refractivity contribution in [2.45, 2.75) is 19.3 Å². The molecule has 1 saturated carbocycles. The summed E-state index contributed by atoms with van der Waals surface area (Å²) < 4.78 is 1.08. The van der Waals surface area contributed by atoms with Crippen LogP contribution in [-0.4, -0.2) is 56.5 Å². The average Bonchev–Trinajstić information content (AvgIpc) is 3.40. The van der Waals surface area contributed by atoms with Crippen molar-refractivity contribution in [2.75, 3.05) is 31.1 Å². The van der Waals surface area contributed by atoms with E-state index in [9.17, 15) is 0 Å². The fourth-order valence-corrected chi connectivity index (χ4v) is 4.02. The Bertz CT molecular complexity index is 1060. The molecule has 148 valence electrons. The van der Waals surface area contributed by atoms with Gasteiger partial charge >= 0.3 is 0 Å². The number of benzene rings is 1. The van der Waals surface area contributed by atoms with Crippen molar-refractivity contribution < 1.29 is 0 Å². The number of nitrogens with one attached hydrogen (secondary N) is 2. The molecule has 1 aliphatic heterocycles. The lowest BCUT2D eigenvalue weighted by Gasteiger charge is -2.26. The molecule has 0 unspecified atom stereocenters. The third kappa shape index (κ3) is 3.96. The lowest BCUT2D eigenvalue weighted by atomic mass is 10.0. The first-order valence-electron chi connectivity index (χ1n) is 9.91. The monoisotopic (exact) mass is 406 g/mol. The second-order valence-electron chi connectivity index (χ2n) is 7.12. The van der Waals surface area contributed by atoms with Crippen molar-refractivity contribution in [3.05, 3.63) is 36.2 Å². The van der Waals surface area contributed by atoms with E-state index in [-0.39, 0.29) is 0 Å². The minimum Gasteiger partial charge on any atom is -0.337 e. The van der Waals surface area contributed by atoms with Gasteiger partial charge in [-0.1, -0.05) is 31.4 Å². The number of piperazine rings is 1. The van der Waals surface area contributed by atoms with Crippen LogP contribution in [0.25, 0.3) is 32.6 Å². The van der Waals surface area contributed by atoms with E-state index < -0.39 is 0 Å². The number of nitrogens with zero attached hydrogens (tertiary/aromatic N) is 6. The maximum absolute atomic E-state index is 4.54. The highest BCUT2D eigenvalue weighted by Crippen LogP contribution is 2.36. The first kappa shape index (κ1) is 18.1. The van der Waals surface area contributed by atoms with E-state index in [1.54, 1.807) is 23.7 Å². The van der Waals surface area contributed by atoms with Crippen molar-refractivity contribution in [3.8, 4) is 22.4 Å². The standard InChI is InChI=1S/C17H16N8S.C3H6/c1-2-13(14-9-19-17(24-23-14)25-5-3-18-4-6-25)16-15(20-10-26-16)12(1)11-7-21-22-8-11;1-2-3-1/h1-2,7-10,18H,3-6H2,(H,21,22);1-3H2. The number of H-pyrrole nitrogens is 1. The van der Waals surface area contributed by atoms with Gasteiger partial charge in [0.05, 0.1) is 28.1 Å². The summed E-state index contributed by atoms with van der Waals surface area (Å²) in [5.41, 5.74) is 6.64. The van der Waals surface area contributed by atoms with Gasteiger partial charge in [0, 0.05) is 49.1 Å². The number of anilines is 1. The minimum atomic E-state index is 0.686. The average molecular weight is 407 g/mol. The predicted octanol–water partition coefficient (Wildman–Crippen LogP) is 3.12. The lowest BCUT2D eigenvalue weighted by Crippen LogP contribution is -2.44. The van der Waals surface area contributed by atoms with Crippen molar-refractivity contribution in [2.24, 2.45) is 0 Å². The second-order valence-corrected chi connectivity index (χ2v) is 7.97. The van der Waals surface area contributed by atoms with Gasteiger partial charge < -0.3 is 10.2 Å². The Hall–Kier alpha value is -2.91. The zero-order chi connectivity index (χ0) is 19.5. The van der Waals surface area contributed by atoms with Gasteiger partial charge in [-0.2, -0.15) is 5.10 Å². The molecular formula is C20H22N8S. The molecule has 1 saturated heterocycles. The summed E-state index contributed by atoms with van der Waals surface area (Å²) in [4.78, 5) is 11.2.